The van der Waals surface area contributed by atoms with Gasteiger partial charge < -0.3 is 5.32 Å². The van der Waals surface area contributed by atoms with E-state index in [1.54, 1.807) is 0 Å². The molecule has 1 aromatic carbocycles. The zero-order valence-electron chi connectivity index (χ0n) is 10.4. The molecule has 1 saturated heterocycles. The Kier molecular flexibility index (Phi) is 2.92. The van der Waals surface area contributed by atoms with Gasteiger partial charge in [-0.2, -0.15) is 0 Å². The van der Waals surface area contributed by atoms with Crippen molar-refractivity contribution in [1.29, 1.82) is 0 Å². The first-order valence-electron chi connectivity index (χ1n) is 6.66. The zero-order chi connectivity index (χ0) is 11.9. The lowest BCUT2D eigenvalue weighted by molar-refractivity contribution is 0.00841. The number of halogens is 1. The van der Waals surface area contributed by atoms with Crippen molar-refractivity contribution in [2.45, 2.75) is 32.1 Å². The van der Waals surface area contributed by atoms with Gasteiger partial charge in [0.1, 0.15) is 0 Å². The summed E-state index contributed by atoms with van der Waals surface area (Å²) in [5.74, 6) is 1.51. The second-order valence-electron chi connectivity index (χ2n) is 5.90. The third kappa shape index (κ3) is 1.90. The summed E-state index contributed by atoms with van der Waals surface area (Å²) in [6, 6.07) is 8.38. The number of hydrogen-bond acceptors (Lipinski definition) is 1. The summed E-state index contributed by atoms with van der Waals surface area (Å²) in [4.78, 5) is 0. The first-order valence-corrected chi connectivity index (χ1v) is 7.04. The summed E-state index contributed by atoms with van der Waals surface area (Å²) in [6.45, 7) is 4.64. The molecule has 1 saturated carbocycles. The molecule has 1 spiro atoms. The molecule has 0 amide bonds. The minimum Gasteiger partial charge on any atom is -0.316 e. The highest BCUT2D eigenvalue weighted by molar-refractivity contribution is 6.31. The average Bonchev–Trinajstić information content (AvgIpc) is 2.29. The van der Waals surface area contributed by atoms with Gasteiger partial charge in [0.2, 0.25) is 0 Å². The minimum atomic E-state index is 0.537. The van der Waals surface area contributed by atoms with Crippen molar-refractivity contribution in [3.05, 3.63) is 34.9 Å². The molecule has 0 radical (unpaired) electrons. The first kappa shape index (κ1) is 11.6. The second kappa shape index (κ2) is 4.29. The van der Waals surface area contributed by atoms with E-state index in [2.05, 4.69) is 24.4 Å². The summed E-state index contributed by atoms with van der Waals surface area (Å²) in [5, 5.41) is 4.48. The molecule has 3 rings (SSSR count). The molecule has 17 heavy (non-hydrogen) atoms. The third-order valence-corrected chi connectivity index (χ3v) is 5.02. The van der Waals surface area contributed by atoms with Crippen LogP contribution in [0.5, 0.6) is 0 Å². The van der Waals surface area contributed by atoms with Crippen LogP contribution in [-0.2, 0) is 0 Å². The molecule has 1 aromatic rings. The van der Waals surface area contributed by atoms with E-state index in [9.17, 15) is 0 Å². The predicted octanol–water partition coefficient (Wildman–Crippen LogP) is 3.83. The van der Waals surface area contributed by atoms with Crippen LogP contribution in [0.25, 0.3) is 0 Å². The van der Waals surface area contributed by atoms with Crippen molar-refractivity contribution < 1.29 is 0 Å². The molecule has 1 heterocycles. The van der Waals surface area contributed by atoms with E-state index in [0.29, 0.717) is 11.3 Å². The van der Waals surface area contributed by atoms with Gasteiger partial charge in [-0.25, -0.2) is 0 Å². The minimum absolute atomic E-state index is 0.537. The van der Waals surface area contributed by atoms with E-state index >= 15 is 0 Å². The molecular formula is C15H20ClN. The average molecular weight is 250 g/mol. The van der Waals surface area contributed by atoms with E-state index in [-0.39, 0.29) is 0 Å². The van der Waals surface area contributed by atoms with Crippen molar-refractivity contribution in [1.82, 2.24) is 5.32 Å². The molecule has 1 atom stereocenters. The first-order chi connectivity index (χ1) is 8.21. The Bertz CT molecular complexity index is 404. The fraction of sp³-hybridized carbons (Fsp3) is 0.600. The van der Waals surface area contributed by atoms with Crippen LogP contribution in [-0.4, -0.2) is 13.1 Å². The Balaban J connectivity index is 1.92. The van der Waals surface area contributed by atoms with Crippen LogP contribution < -0.4 is 5.32 Å². The third-order valence-electron chi connectivity index (χ3n) is 4.68. The molecule has 1 nitrogen and oxygen atoms in total. The van der Waals surface area contributed by atoms with Crippen molar-refractivity contribution in [3.63, 3.8) is 0 Å². The van der Waals surface area contributed by atoms with Gasteiger partial charge in [0.05, 0.1) is 0 Å². The molecule has 2 aliphatic rings. The monoisotopic (exact) mass is 249 g/mol. The van der Waals surface area contributed by atoms with Gasteiger partial charge in [-0.05, 0) is 48.8 Å². The van der Waals surface area contributed by atoms with E-state index < -0.39 is 0 Å². The Hall–Kier alpha value is -0.530. The molecular weight excluding hydrogens is 230 g/mol. The van der Waals surface area contributed by atoms with Gasteiger partial charge in [-0.3, -0.25) is 0 Å². The standard InChI is InChI=1S/C15H20ClN/c1-11-8-15(9-11)6-7-17-10-13(15)12-4-2-3-5-14(12)16/h2-5,11,13,17H,6-10H2,1H3. The van der Waals surface area contributed by atoms with Crippen LogP contribution in [0.1, 0.15) is 37.7 Å². The summed E-state index contributed by atoms with van der Waals surface area (Å²) >= 11 is 6.37. The maximum atomic E-state index is 6.37. The molecule has 92 valence electrons. The van der Waals surface area contributed by atoms with Gasteiger partial charge in [0.25, 0.3) is 0 Å². The lowest BCUT2D eigenvalue weighted by Crippen LogP contribution is -2.50. The summed E-state index contributed by atoms with van der Waals surface area (Å²) in [5.41, 5.74) is 1.89. The maximum absolute atomic E-state index is 6.37. The summed E-state index contributed by atoms with van der Waals surface area (Å²) in [6.07, 6.45) is 4.07. The normalized spacial score (nSPS) is 36.8. The molecule has 1 aliphatic carbocycles. The number of rotatable bonds is 1. The van der Waals surface area contributed by atoms with Gasteiger partial charge >= 0.3 is 0 Å². The summed E-state index contributed by atoms with van der Waals surface area (Å²) in [7, 11) is 0. The Morgan fingerprint density at radius 3 is 2.76 bits per heavy atom. The van der Waals surface area contributed by atoms with Crippen LogP contribution >= 0.6 is 11.6 Å². The second-order valence-corrected chi connectivity index (χ2v) is 6.31. The van der Waals surface area contributed by atoms with Gasteiger partial charge in [0, 0.05) is 17.5 Å². The van der Waals surface area contributed by atoms with Crippen LogP contribution in [0.2, 0.25) is 5.02 Å². The van der Waals surface area contributed by atoms with Crippen LogP contribution in [0.15, 0.2) is 24.3 Å². The SMILES string of the molecule is CC1CC2(CCNCC2c2ccccc2Cl)C1. The molecule has 0 aromatic heterocycles. The molecule has 1 aliphatic heterocycles. The van der Waals surface area contributed by atoms with Crippen molar-refractivity contribution in [2.24, 2.45) is 11.3 Å². The lowest BCUT2D eigenvalue weighted by atomic mass is 9.52. The van der Waals surface area contributed by atoms with Gasteiger partial charge in [-0.15, -0.1) is 0 Å². The lowest BCUT2D eigenvalue weighted by Gasteiger charge is -2.54. The smallest absolute Gasteiger partial charge is 0.0441 e. The molecule has 1 N–H and O–H groups in total. The number of piperidine rings is 1. The van der Waals surface area contributed by atoms with Crippen molar-refractivity contribution in [3.8, 4) is 0 Å². The molecule has 0 bridgehead atoms. The number of hydrogen-bond donors (Lipinski definition) is 1. The largest absolute Gasteiger partial charge is 0.316 e. The van der Waals surface area contributed by atoms with Gasteiger partial charge in [0.15, 0.2) is 0 Å². The quantitative estimate of drug-likeness (QED) is 0.798. The fourth-order valence-electron chi connectivity index (χ4n) is 3.99. The van der Waals surface area contributed by atoms with E-state index in [0.717, 1.165) is 17.5 Å². The van der Waals surface area contributed by atoms with Crippen molar-refractivity contribution in [2.75, 3.05) is 13.1 Å². The zero-order valence-corrected chi connectivity index (χ0v) is 11.1. The van der Waals surface area contributed by atoms with Gasteiger partial charge in [-0.1, -0.05) is 36.7 Å². The summed E-state index contributed by atoms with van der Waals surface area (Å²) < 4.78 is 0. The van der Waals surface area contributed by atoms with E-state index in [1.165, 1.54) is 31.4 Å². The van der Waals surface area contributed by atoms with Crippen molar-refractivity contribution >= 4 is 11.6 Å². The molecule has 2 fully saturated rings. The Labute approximate surface area is 109 Å². The molecule has 1 unspecified atom stereocenters. The number of benzene rings is 1. The Morgan fingerprint density at radius 2 is 2.06 bits per heavy atom. The van der Waals surface area contributed by atoms with Crippen LogP contribution in [0.4, 0.5) is 0 Å². The predicted molar refractivity (Wildman–Crippen MR) is 72.5 cm³/mol. The number of nitrogens with one attached hydrogen (secondary N) is 1. The van der Waals surface area contributed by atoms with E-state index in [1.807, 2.05) is 12.1 Å². The molecule has 2 heteroatoms. The fourth-order valence-corrected chi connectivity index (χ4v) is 4.26. The van der Waals surface area contributed by atoms with Crippen LogP contribution in [0.3, 0.4) is 0 Å². The topological polar surface area (TPSA) is 12.0 Å². The highest BCUT2D eigenvalue weighted by Crippen LogP contribution is 2.58. The highest BCUT2D eigenvalue weighted by atomic mass is 35.5. The Morgan fingerprint density at radius 1 is 1.29 bits per heavy atom. The van der Waals surface area contributed by atoms with Crippen LogP contribution in [0, 0.1) is 11.3 Å². The van der Waals surface area contributed by atoms with E-state index in [4.69, 9.17) is 11.6 Å². The highest BCUT2D eigenvalue weighted by Gasteiger charge is 2.49. The maximum Gasteiger partial charge on any atom is 0.0441 e.